The third-order valence-electron chi connectivity index (χ3n) is 3.37. The van der Waals surface area contributed by atoms with Crippen LogP contribution in [-0.2, 0) is 6.54 Å². The standard InChI is InChI=1S/C15H20BrN3O2/c1-4-19-13-6-5-10(16)8-11(13)17-14(19)12(7-9(2)3)18-15(20)21/h5-6,8-9,12,18H,4,7H2,1-3H3,(H,20,21). The molecule has 5 nitrogen and oxygen atoms in total. The van der Waals surface area contributed by atoms with E-state index in [1.807, 2.05) is 25.1 Å². The van der Waals surface area contributed by atoms with Crippen LogP contribution in [0.1, 0.15) is 39.1 Å². The van der Waals surface area contributed by atoms with E-state index in [1.54, 1.807) is 0 Å². The van der Waals surface area contributed by atoms with Gasteiger partial charge in [0.05, 0.1) is 17.1 Å². The molecule has 2 rings (SSSR count). The van der Waals surface area contributed by atoms with Crippen LogP contribution in [0.2, 0.25) is 0 Å². The smallest absolute Gasteiger partial charge is 0.405 e. The number of rotatable bonds is 5. The molecule has 0 spiro atoms. The van der Waals surface area contributed by atoms with Gasteiger partial charge in [0.2, 0.25) is 0 Å². The molecule has 0 saturated carbocycles. The topological polar surface area (TPSA) is 67.2 Å². The highest BCUT2D eigenvalue weighted by atomic mass is 79.9. The zero-order valence-electron chi connectivity index (χ0n) is 12.4. The molecule has 1 amide bonds. The van der Waals surface area contributed by atoms with Gasteiger partial charge in [-0.05, 0) is 37.5 Å². The van der Waals surface area contributed by atoms with Crippen molar-refractivity contribution in [3.8, 4) is 0 Å². The molecule has 1 atom stereocenters. The predicted molar refractivity (Wildman–Crippen MR) is 86.5 cm³/mol. The maximum atomic E-state index is 11.1. The highest BCUT2D eigenvalue weighted by molar-refractivity contribution is 9.10. The van der Waals surface area contributed by atoms with E-state index >= 15 is 0 Å². The maximum absolute atomic E-state index is 11.1. The number of carbonyl (C=O) groups is 1. The molecule has 1 unspecified atom stereocenters. The fraction of sp³-hybridized carbons (Fsp3) is 0.467. The van der Waals surface area contributed by atoms with Crippen LogP contribution < -0.4 is 5.32 Å². The molecular formula is C15H20BrN3O2. The second-order valence-electron chi connectivity index (χ2n) is 5.48. The van der Waals surface area contributed by atoms with Gasteiger partial charge in [0.1, 0.15) is 5.82 Å². The lowest BCUT2D eigenvalue weighted by Gasteiger charge is -2.19. The van der Waals surface area contributed by atoms with Crippen LogP contribution in [0.5, 0.6) is 0 Å². The van der Waals surface area contributed by atoms with E-state index in [0.29, 0.717) is 5.92 Å². The van der Waals surface area contributed by atoms with E-state index in [1.165, 1.54) is 0 Å². The SMILES string of the molecule is CCn1c(C(CC(C)C)NC(=O)O)nc2cc(Br)ccc21. The Morgan fingerprint density at radius 1 is 1.48 bits per heavy atom. The van der Waals surface area contributed by atoms with E-state index in [2.05, 4.69) is 44.6 Å². The highest BCUT2D eigenvalue weighted by Crippen LogP contribution is 2.27. The molecule has 0 saturated heterocycles. The van der Waals surface area contributed by atoms with E-state index in [-0.39, 0.29) is 6.04 Å². The minimum Gasteiger partial charge on any atom is -0.465 e. The normalized spacial score (nSPS) is 12.8. The zero-order chi connectivity index (χ0) is 15.6. The number of nitrogens with zero attached hydrogens (tertiary/aromatic N) is 2. The Kier molecular flexibility index (Phi) is 4.88. The number of fused-ring (bicyclic) bond motifs is 1. The van der Waals surface area contributed by atoms with Gasteiger partial charge in [-0.2, -0.15) is 0 Å². The van der Waals surface area contributed by atoms with Crippen molar-refractivity contribution in [3.05, 3.63) is 28.5 Å². The van der Waals surface area contributed by atoms with Crippen LogP contribution in [0.3, 0.4) is 0 Å². The fourth-order valence-electron chi connectivity index (χ4n) is 2.57. The summed E-state index contributed by atoms with van der Waals surface area (Å²) in [5.74, 6) is 1.15. The summed E-state index contributed by atoms with van der Waals surface area (Å²) in [5, 5.41) is 11.7. The van der Waals surface area contributed by atoms with Gasteiger partial charge in [-0.3, -0.25) is 0 Å². The lowest BCUT2D eigenvalue weighted by atomic mass is 10.0. The number of aromatic nitrogens is 2. The van der Waals surface area contributed by atoms with E-state index in [4.69, 9.17) is 5.11 Å². The average molecular weight is 354 g/mol. The van der Waals surface area contributed by atoms with Crippen molar-refractivity contribution < 1.29 is 9.90 Å². The Hall–Kier alpha value is -1.56. The van der Waals surface area contributed by atoms with Crippen molar-refractivity contribution in [2.45, 2.75) is 39.8 Å². The van der Waals surface area contributed by atoms with Crippen LogP contribution in [0.4, 0.5) is 4.79 Å². The number of nitrogens with one attached hydrogen (secondary N) is 1. The zero-order valence-corrected chi connectivity index (χ0v) is 14.0. The van der Waals surface area contributed by atoms with Crippen LogP contribution in [0.25, 0.3) is 11.0 Å². The van der Waals surface area contributed by atoms with Crippen LogP contribution in [0, 0.1) is 5.92 Å². The molecule has 114 valence electrons. The molecule has 21 heavy (non-hydrogen) atoms. The number of halogens is 1. The fourth-order valence-corrected chi connectivity index (χ4v) is 2.92. The molecule has 0 fully saturated rings. The van der Waals surface area contributed by atoms with Crippen molar-refractivity contribution >= 4 is 33.1 Å². The first-order chi connectivity index (χ1) is 9.92. The van der Waals surface area contributed by atoms with Crippen molar-refractivity contribution in [3.63, 3.8) is 0 Å². The third-order valence-corrected chi connectivity index (χ3v) is 3.87. The summed E-state index contributed by atoms with van der Waals surface area (Å²) in [7, 11) is 0. The number of imidazole rings is 1. The molecule has 1 heterocycles. The van der Waals surface area contributed by atoms with Crippen molar-refractivity contribution in [1.82, 2.24) is 14.9 Å². The second-order valence-corrected chi connectivity index (χ2v) is 6.39. The molecule has 2 N–H and O–H groups in total. The number of amides is 1. The Balaban J connectivity index is 2.52. The molecule has 0 aliphatic rings. The number of benzene rings is 1. The summed E-state index contributed by atoms with van der Waals surface area (Å²) in [6.45, 7) is 6.95. The van der Waals surface area contributed by atoms with Gasteiger partial charge in [0.25, 0.3) is 0 Å². The minimum atomic E-state index is -1.02. The van der Waals surface area contributed by atoms with Crippen LogP contribution in [0.15, 0.2) is 22.7 Å². The van der Waals surface area contributed by atoms with Crippen LogP contribution >= 0.6 is 15.9 Å². The first kappa shape index (κ1) is 15.8. The summed E-state index contributed by atoms with van der Waals surface area (Å²) < 4.78 is 3.04. The molecular weight excluding hydrogens is 334 g/mol. The molecule has 6 heteroatoms. The summed E-state index contributed by atoms with van der Waals surface area (Å²) in [6, 6.07) is 5.64. The van der Waals surface area contributed by atoms with Gasteiger partial charge in [-0.15, -0.1) is 0 Å². The molecule has 1 aromatic carbocycles. The van der Waals surface area contributed by atoms with Crippen molar-refractivity contribution in [2.24, 2.45) is 5.92 Å². The Morgan fingerprint density at radius 2 is 2.19 bits per heavy atom. The maximum Gasteiger partial charge on any atom is 0.405 e. The lowest BCUT2D eigenvalue weighted by Crippen LogP contribution is -2.30. The number of hydrogen-bond donors (Lipinski definition) is 2. The van der Waals surface area contributed by atoms with Crippen molar-refractivity contribution in [1.29, 1.82) is 0 Å². The largest absolute Gasteiger partial charge is 0.465 e. The summed E-state index contributed by atoms with van der Waals surface area (Å²) >= 11 is 3.45. The van der Waals surface area contributed by atoms with Gasteiger partial charge in [0, 0.05) is 11.0 Å². The van der Waals surface area contributed by atoms with Gasteiger partial charge >= 0.3 is 6.09 Å². The molecule has 2 aromatic rings. The van der Waals surface area contributed by atoms with Gasteiger partial charge < -0.3 is 15.0 Å². The quantitative estimate of drug-likeness (QED) is 0.847. The van der Waals surface area contributed by atoms with Crippen LogP contribution in [-0.4, -0.2) is 20.8 Å². The van der Waals surface area contributed by atoms with Gasteiger partial charge in [-0.1, -0.05) is 29.8 Å². The number of hydrogen-bond acceptors (Lipinski definition) is 2. The predicted octanol–water partition coefficient (Wildman–Crippen LogP) is 4.17. The molecule has 0 aliphatic carbocycles. The second kappa shape index (κ2) is 6.47. The lowest BCUT2D eigenvalue weighted by molar-refractivity contribution is 0.187. The first-order valence-electron chi connectivity index (χ1n) is 7.07. The molecule has 1 aromatic heterocycles. The van der Waals surface area contributed by atoms with Gasteiger partial charge in [0.15, 0.2) is 0 Å². The Bertz CT molecular complexity index is 652. The average Bonchev–Trinajstić information content (AvgIpc) is 2.74. The van der Waals surface area contributed by atoms with E-state index < -0.39 is 6.09 Å². The summed E-state index contributed by atoms with van der Waals surface area (Å²) in [4.78, 5) is 15.7. The van der Waals surface area contributed by atoms with E-state index in [0.717, 1.165) is 34.3 Å². The Morgan fingerprint density at radius 3 is 2.76 bits per heavy atom. The molecule has 0 aliphatic heterocycles. The van der Waals surface area contributed by atoms with Gasteiger partial charge in [-0.25, -0.2) is 9.78 Å². The molecule has 0 radical (unpaired) electrons. The Labute approximate surface area is 132 Å². The van der Waals surface area contributed by atoms with Crippen molar-refractivity contribution in [2.75, 3.05) is 0 Å². The number of aryl methyl sites for hydroxylation is 1. The molecule has 0 bridgehead atoms. The summed E-state index contributed by atoms with van der Waals surface area (Å²) in [5.41, 5.74) is 1.90. The minimum absolute atomic E-state index is 0.298. The first-order valence-corrected chi connectivity index (χ1v) is 7.86. The van der Waals surface area contributed by atoms with E-state index in [9.17, 15) is 4.79 Å². The monoisotopic (exact) mass is 353 g/mol. The highest BCUT2D eigenvalue weighted by Gasteiger charge is 2.22. The summed E-state index contributed by atoms with van der Waals surface area (Å²) in [6.07, 6.45) is -0.298. The third kappa shape index (κ3) is 3.56. The number of carboxylic acid groups (broad SMARTS) is 1.